The van der Waals surface area contributed by atoms with E-state index in [-0.39, 0.29) is 25.1 Å². The van der Waals surface area contributed by atoms with Crippen molar-refractivity contribution in [2.45, 2.75) is 24.2 Å². The second kappa shape index (κ2) is 3.17. The van der Waals surface area contributed by atoms with E-state index in [1.54, 1.807) is 12.1 Å². The lowest BCUT2D eigenvalue weighted by Crippen LogP contribution is -2.53. The third-order valence-electron chi connectivity index (χ3n) is 3.06. The van der Waals surface area contributed by atoms with Crippen LogP contribution in [-0.4, -0.2) is 17.6 Å². The van der Waals surface area contributed by atoms with Crippen molar-refractivity contribution < 1.29 is 13.9 Å². The van der Waals surface area contributed by atoms with Gasteiger partial charge in [-0.1, -0.05) is 12.1 Å². The van der Waals surface area contributed by atoms with Crippen LogP contribution in [-0.2, 0) is 5.41 Å². The van der Waals surface area contributed by atoms with Gasteiger partial charge in [-0.2, -0.15) is 0 Å². The normalized spacial score (nSPS) is 22.1. The zero-order chi connectivity index (χ0) is 11.1. The van der Waals surface area contributed by atoms with Crippen molar-refractivity contribution in [3.8, 4) is 5.75 Å². The number of phenols is 1. The van der Waals surface area contributed by atoms with Crippen LogP contribution in [0.3, 0.4) is 0 Å². The molecule has 0 aromatic heterocycles. The Balaban J connectivity index is 2.25. The van der Waals surface area contributed by atoms with Gasteiger partial charge in [-0.25, -0.2) is 8.78 Å². The Morgan fingerprint density at radius 3 is 2.13 bits per heavy atom. The quantitative estimate of drug-likeness (QED) is 0.789. The highest BCUT2D eigenvalue weighted by Gasteiger charge is 2.56. The molecule has 2 nitrogen and oxygen atoms in total. The van der Waals surface area contributed by atoms with Crippen LogP contribution in [0, 0.1) is 0 Å². The molecule has 4 heteroatoms. The van der Waals surface area contributed by atoms with Crippen molar-refractivity contribution in [3.05, 3.63) is 29.8 Å². The van der Waals surface area contributed by atoms with Gasteiger partial charge in [-0.3, -0.25) is 0 Å². The molecule has 1 aliphatic rings. The van der Waals surface area contributed by atoms with E-state index >= 15 is 0 Å². The molecule has 0 heterocycles. The SMILES string of the molecule is NCC1(c2ccc(O)cc2)CC(F)(F)C1. The van der Waals surface area contributed by atoms with Gasteiger partial charge in [0.15, 0.2) is 0 Å². The van der Waals surface area contributed by atoms with Crippen molar-refractivity contribution >= 4 is 0 Å². The number of halogens is 2. The number of hydrogen-bond acceptors (Lipinski definition) is 2. The Morgan fingerprint density at radius 1 is 1.20 bits per heavy atom. The molecule has 2 rings (SSSR count). The first-order valence-corrected chi connectivity index (χ1v) is 4.85. The minimum absolute atomic E-state index is 0.136. The van der Waals surface area contributed by atoms with Crippen LogP contribution in [0.4, 0.5) is 8.78 Å². The molecule has 1 fully saturated rings. The molecule has 0 unspecified atom stereocenters. The number of aromatic hydroxyl groups is 1. The fraction of sp³-hybridized carbons (Fsp3) is 0.455. The highest BCUT2D eigenvalue weighted by atomic mass is 19.3. The summed E-state index contributed by atoms with van der Waals surface area (Å²) in [5, 5.41) is 9.11. The Kier molecular flexibility index (Phi) is 2.19. The Labute approximate surface area is 86.7 Å². The zero-order valence-electron chi connectivity index (χ0n) is 8.21. The molecule has 0 saturated heterocycles. The summed E-state index contributed by atoms with van der Waals surface area (Å²) in [6, 6.07) is 6.33. The van der Waals surface area contributed by atoms with E-state index in [1.807, 2.05) is 0 Å². The van der Waals surface area contributed by atoms with Crippen molar-refractivity contribution in [3.63, 3.8) is 0 Å². The maximum Gasteiger partial charge on any atom is 0.250 e. The van der Waals surface area contributed by atoms with Gasteiger partial charge in [0.25, 0.3) is 0 Å². The van der Waals surface area contributed by atoms with E-state index in [0.29, 0.717) is 0 Å². The second-order valence-corrected chi connectivity index (χ2v) is 4.24. The van der Waals surface area contributed by atoms with Gasteiger partial charge in [-0.05, 0) is 17.7 Å². The Hall–Kier alpha value is -1.16. The summed E-state index contributed by atoms with van der Waals surface area (Å²) in [5.41, 5.74) is 5.75. The molecule has 0 bridgehead atoms. The summed E-state index contributed by atoms with van der Waals surface area (Å²) in [4.78, 5) is 0. The minimum Gasteiger partial charge on any atom is -0.508 e. The molecular weight excluding hydrogens is 200 g/mol. The van der Waals surface area contributed by atoms with E-state index < -0.39 is 11.3 Å². The van der Waals surface area contributed by atoms with Crippen LogP contribution in [0.2, 0.25) is 0 Å². The second-order valence-electron chi connectivity index (χ2n) is 4.24. The molecule has 0 radical (unpaired) electrons. The van der Waals surface area contributed by atoms with Crippen LogP contribution in [0.15, 0.2) is 24.3 Å². The summed E-state index contributed by atoms with van der Waals surface area (Å²) in [7, 11) is 0. The molecule has 1 saturated carbocycles. The average Bonchev–Trinajstić information content (AvgIpc) is 2.14. The van der Waals surface area contributed by atoms with Gasteiger partial charge in [0.1, 0.15) is 5.75 Å². The molecule has 15 heavy (non-hydrogen) atoms. The van der Waals surface area contributed by atoms with Crippen LogP contribution in [0.25, 0.3) is 0 Å². The predicted octanol–water partition coefficient (Wildman–Crippen LogP) is 2.02. The van der Waals surface area contributed by atoms with Crippen molar-refractivity contribution in [2.24, 2.45) is 5.73 Å². The fourth-order valence-corrected chi connectivity index (χ4v) is 2.22. The van der Waals surface area contributed by atoms with E-state index in [9.17, 15) is 8.78 Å². The first-order chi connectivity index (χ1) is 6.97. The van der Waals surface area contributed by atoms with E-state index in [4.69, 9.17) is 10.8 Å². The van der Waals surface area contributed by atoms with Gasteiger partial charge >= 0.3 is 0 Å². The van der Waals surface area contributed by atoms with Crippen LogP contribution in [0.1, 0.15) is 18.4 Å². The van der Waals surface area contributed by atoms with E-state index in [2.05, 4.69) is 0 Å². The first-order valence-electron chi connectivity index (χ1n) is 4.85. The Bertz CT molecular complexity index is 353. The summed E-state index contributed by atoms with van der Waals surface area (Å²) in [6.45, 7) is 0.216. The molecule has 82 valence electrons. The number of hydrogen-bond donors (Lipinski definition) is 2. The highest BCUT2D eigenvalue weighted by molar-refractivity contribution is 5.35. The van der Waals surface area contributed by atoms with Crippen molar-refractivity contribution in [1.29, 1.82) is 0 Å². The number of benzene rings is 1. The largest absolute Gasteiger partial charge is 0.508 e. The monoisotopic (exact) mass is 213 g/mol. The third kappa shape index (κ3) is 1.69. The molecule has 1 aliphatic carbocycles. The number of alkyl halides is 2. The summed E-state index contributed by atoms with van der Waals surface area (Å²) < 4.78 is 25.8. The van der Waals surface area contributed by atoms with Crippen LogP contribution in [0.5, 0.6) is 5.75 Å². The van der Waals surface area contributed by atoms with Crippen molar-refractivity contribution in [1.82, 2.24) is 0 Å². The van der Waals surface area contributed by atoms with Gasteiger partial charge in [0, 0.05) is 24.8 Å². The molecular formula is C11H13F2NO. The maximum absolute atomic E-state index is 12.9. The number of phenolic OH excluding ortho intramolecular Hbond substituents is 1. The molecule has 1 aromatic rings. The van der Waals surface area contributed by atoms with Crippen molar-refractivity contribution in [2.75, 3.05) is 6.54 Å². The fourth-order valence-electron chi connectivity index (χ4n) is 2.22. The van der Waals surface area contributed by atoms with Gasteiger partial charge in [0.2, 0.25) is 5.92 Å². The lowest BCUT2D eigenvalue weighted by Gasteiger charge is -2.47. The smallest absolute Gasteiger partial charge is 0.250 e. The molecule has 0 atom stereocenters. The highest BCUT2D eigenvalue weighted by Crippen LogP contribution is 2.52. The lowest BCUT2D eigenvalue weighted by atomic mass is 9.62. The molecule has 1 aromatic carbocycles. The third-order valence-corrected chi connectivity index (χ3v) is 3.06. The summed E-state index contributed by atoms with van der Waals surface area (Å²) in [5.74, 6) is -2.45. The average molecular weight is 213 g/mol. The molecule has 0 amide bonds. The number of nitrogens with two attached hydrogens (primary N) is 1. The standard InChI is InChI=1S/C11H13F2NO/c12-11(13)5-10(6-11,7-14)8-1-3-9(15)4-2-8/h1-4,15H,5-7,14H2. The first kappa shape index (κ1) is 10.4. The van der Waals surface area contributed by atoms with Gasteiger partial charge in [-0.15, -0.1) is 0 Å². The maximum atomic E-state index is 12.9. The zero-order valence-corrected chi connectivity index (χ0v) is 8.21. The van der Waals surface area contributed by atoms with E-state index in [0.717, 1.165) is 5.56 Å². The molecule has 0 aliphatic heterocycles. The molecule has 3 N–H and O–H groups in total. The van der Waals surface area contributed by atoms with E-state index in [1.165, 1.54) is 12.1 Å². The van der Waals surface area contributed by atoms with Crippen LogP contribution >= 0.6 is 0 Å². The lowest BCUT2D eigenvalue weighted by molar-refractivity contribution is -0.123. The Morgan fingerprint density at radius 2 is 1.73 bits per heavy atom. The van der Waals surface area contributed by atoms with Crippen LogP contribution < -0.4 is 5.73 Å². The topological polar surface area (TPSA) is 46.2 Å². The minimum atomic E-state index is -2.59. The molecule has 0 spiro atoms. The van der Waals surface area contributed by atoms with Gasteiger partial charge < -0.3 is 10.8 Å². The number of rotatable bonds is 2. The summed E-state index contributed by atoms with van der Waals surface area (Å²) in [6.07, 6.45) is -0.386. The predicted molar refractivity (Wildman–Crippen MR) is 53.0 cm³/mol. The summed E-state index contributed by atoms with van der Waals surface area (Å²) >= 11 is 0. The van der Waals surface area contributed by atoms with Gasteiger partial charge in [0.05, 0.1) is 0 Å².